The number of nitrogens with one attached hydrogen (secondary N) is 8. The van der Waals surface area contributed by atoms with Crippen LogP contribution in [0.2, 0.25) is 0 Å². The average molecular weight is 928 g/mol. The summed E-state index contributed by atoms with van der Waals surface area (Å²) in [6.07, 6.45) is 1.89. The van der Waals surface area contributed by atoms with Gasteiger partial charge in [-0.3, -0.25) is 38.4 Å². The van der Waals surface area contributed by atoms with Crippen LogP contribution in [0.25, 0.3) is 0 Å². The number of hydrogen-bond acceptors (Lipinski definition) is 14. The van der Waals surface area contributed by atoms with Crippen LogP contribution in [0.15, 0.2) is 0 Å². The molecule has 23 heteroatoms. The Labute approximate surface area is 383 Å². The monoisotopic (exact) mass is 928 g/mol. The van der Waals surface area contributed by atoms with E-state index in [1.807, 2.05) is 13.8 Å². The number of aliphatic carboxylic acids is 1. The summed E-state index contributed by atoms with van der Waals surface area (Å²) < 4.78 is 0. The number of amides is 8. The Balaban J connectivity index is 5.97. The molecule has 0 radical (unpaired) electrons. The number of nitrogens with two attached hydrogens (primary N) is 5. The fourth-order valence-corrected chi connectivity index (χ4v) is 6.46. The zero-order chi connectivity index (χ0) is 49.8. The molecule has 0 bridgehead atoms. The zero-order valence-corrected chi connectivity index (χ0v) is 39.5. The van der Waals surface area contributed by atoms with Crippen LogP contribution in [0, 0.1) is 17.8 Å². The second-order valence-corrected chi connectivity index (χ2v) is 17.3. The Morgan fingerprint density at radius 2 is 0.692 bits per heavy atom. The van der Waals surface area contributed by atoms with Crippen molar-refractivity contribution in [3.8, 4) is 0 Å². The zero-order valence-electron chi connectivity index (χ0n) is 39.5. The lowest BCUT2D eigenvalue weighted by molar-refractivity contribution is -0.143. The summed E-state index contributed by atoms with van der Waals surface area (Å²) in [5.74, 6) is -6.79. The van der Waals surface area contributed by atoms with Crippen molar-refractivity contribution in [3.63, 3.8) is 0 Å². The molecule has 0 aromatic carbocycles. The highest BCUT2D eigenvalue weighted by molar-refractivity contribution is 5.97. The van der Waals surface area contributed by atoms with E-state index >= 15 is 0 Å². The standard InChI is InChI=1S/C42H81N13O10/c1-8-25(6)9-10-34(56)49-27(11-16-43)36(58)51-29(13-18-45)38(60)52-30(14-19-46)39(61)54-32(21-23(2)3)41(63)48-26(7)35(57)50-28(12-17-44)37(59)53-31(15-20-47)40(62)55-33(42(64)65)22-24(4)5/h23-33H,8-22,43-47H2,1-7H3,(H,48,63)(H,49,56)(H,50,57)(H,51,58)(H,52,60)(H,53,59)(H,54,61)(H,55,62)(H,64,65)/t25?,26-,27+,28-,29-,30-,31-,32-,33-/m0/s1. The van der Waals surface area contributed by atoms with E-state index in [1.54, 1.807) is 27.7 Å². The minimum absolute atomic E-state index is 0.0194. The second-order valence-electron chi connectivity index (χ2n) is 17.3. The molecule has 0 saturated carbocycles. The minimum Gasteiger partial charge on any atom is -0.480 e. The molecule has 0 saturated heterocycles. The summed E-state index contributed by atoms with van der Waals surface area (Å²) in [6.45, 7) is 12.5. The molecule has 0 fully saturated rings. The normalized spacial score (nSPS) is 15.4. The highest BCUT2D eigenvalue weighted by atomic mass is 16.4. The van der Waals surface area contributed by atoms with Crippen LogP contribution in [0.1, 0.15) is 113 Å². The van der Waals surface area contributed by atoms with E-state index in [4.69, 9.17) is 28.7 Å². The number of carbonyl (C=O) groups is 9. The summed E-state index contributed by atoms with van der Waals surface area (Å²) >= 11 is 0. The van der Waals surface area contributed by atoms with Crippen molar-refractivity contribution in [1.82, 2.24) is 42.5 Å². The molecular formula is C42H81N13O10. The average Bonchev–Trinajstić information content (AvgIpc) is 3.23. The van der Waals surface area contributed by atoms with E-state index < -0.39 is 95.7 Å². The molecular weight excluding hydrogens is 847 g/mol. The van der Waals surface area contributed by atoms with E-state index in [0.29, 0.717) is 12.3 Å². The smallest absolute Gasteiger partial charge is 0.326 e. The van der Waals surface area contributed by atoms with Crippen molar-refractivity contribution < 1.29 is 48.3 Å². The molecule has 0 aliphatic heterocycles. The topological polar surface area (TPSA) is 400 Å². The quantitative estimate of drug-likeness (QED) is 0.0300. The lowest BCUT2D eigenvalue weighted by Crippen LogP contribution is -2.60. The first-order valence-corrected chi connectivity index (χ1v) is 22.7. The maximum atomic E-state index is 13.7. The van der Waals surface area contributed by atoms with Crippen molar-refractivity contribution in [2.24, 2.45) is 46.4 Å². The fraction of sp³-hybridized carbons (Fsp3) is 0.786. The van der Waals surface area contributed by atoms with Crippen molar-refractivity contribution in [2.45, 2.75) is 161 Å². The second kappa shape index (κ2) is 32.6. The summed E-state index contributed by atoms with van der Waals surface area (Å²) in [6, 6.07) is -9.67. The predicted octanol–water partition coefficient (Wildman–Crippen LogP) is -3.37. The number of carbonyl (C=O) groups excluding carboxylic acids is 8. The molecule has 0 aliphatic carbocycles. The van der Waals surface area contributed by atoms with Crippen molar-refractivity contribution >= 4 is 53.2 Å². The molecule has 65 heavy (non-hydrogen) atoms. The first kappa shape index (κ1) is 60.0. The largest absolute Gasteiger partial charge is 0.480 e. The molecule has 0 aliphatic rings. The van der Waals surface area contributed by atoms with Crippen LogP contribution in [-0.4, -0.2) is 139 Å². The minimum atomic E-state index is -1.27. The molecule has 0 spiro atoms. The lowest BCUT2D eigenvalue weighted by atomic mass is 10.0. The third kappa shape index (κ3) is 24.2. The third-order valence-corrected chi connectivity index (χ3v) is 10.4. The van der Waals surface area contributed by atoms with Gasteiger partial charge in [-0.25, -0.2) is 4.79 Å². The van der Waals surface area contributed by atoms with E-state index in [9.17, 15) is 48.3 Å². The van der Waals surface area contributed by atoms with Gasteiger partial charge in [-0.15, -0.1) is 0 Å². The van der Waals surface area contributed by atoms with Gasteiger partial charge in [0.1, 0.15) is 48.3 Å². The predicted molar refractivity (Wildman–Crippen MR) is 245 cm³/mol. The fourth-order valence-electron chi connectivity index (χ4n) is 6.46. The first-order chi connectivity index (χ1) is 30.6. The molecule has 0 aromatic heterocycles. The van der Waals surface area contributed by atoms with E-state index in [1.165, 1.54) is 6.92 Å². The Bertz CT molecular complexity index is 1540. The number of carboxylic acid groups (broad SMARTS) is 1. The maximum absolute atomic E-state index is 13.7. The van der Waals surface area contributed by atoms with Gasteiger partial charge in [0.15, 0.2) is 0 Å². The molecule has 1 unspecified atom stereocenters. The van der Waals surface area contributed by atoms with Crippen LogP contribution in [0.5, 0.6) is 0 Å². The Kier molecular flexibility index (Phi) is 30.2. The number of carboxylic acids is 1. The molecule has 9 atom stereocenters. The van der Waals surface area contributed by atoms with Crippen LogP contribution < -0.4 is 71.2 Å². The van der Waals surface area contributed by atoms with Crippen LogP contribution in [0.3, 0.4) is 0 Å². The SMILES string of the molecule is CCC(C)CCC(=O)N[C@H](CCN)C(=O)N[C@@H](CCN)C(=O)N[C@@H](CCN)C(=O)N[C@@H](CC(C)C)C(=O)N[C@@H](C)C(=O)N[C@@H](CCN)C(=O)N[C@@H](CCN)C(=O)N[C@@H](CC(C)C)C(=O)O. The van der Waals surface area contributed by atoms with Gasteiger partial charge in [0, 0.05) is 6.42 Å². The van der Waals surface area contributed by atoms with Gasteiger partial charge in [0.05, 0.1) is 0 Å². The summed E-state index contributed by atoms with van der Waals surface area (Å²) in [5, 5.41) is 30.1. The summed E-state index contributed by atoms with van der Waals surface area (Å²) in [5.41, 5.74) is 28.7. The molecule has 0 heterocycles. The third-order valence-electron chi connectivity index (χ3n) is 10.4. The molecule has 0 aromatic rings. The first-order valence-electron chi connectivity index (χ1n) is 22.7. The molecule has 23 nitrogen and oxygen atoms in total. The van der Waals surface area contributed by atoms with E-state index in [2.05, 4.69) is 42.5 Å². The maximum Gasteiger partial charge on any atom is 0.326 e. The van der Waals surface area contributed by atoms with Gasteiger partial charge in [-0.05, 0) is 109 Å². The van der Waals surface area contributed by atoms with Crippen LogP contribution >= 0.6 is 0 Å². The Hall–Kier alpha value is -4.97. The van der Waals surface area contributed by atoms with Crippen molar-refractivity contribution in [2.75, 3.05) is 32.7 Å². The van der Waals surface area contributed by atoms with Gasteiger partial charge >= 0.3 is 5.97 Å². The van der Waals surface area contributed by atoms with E-state index in [0.717, 1.165) is 6.42 Å². The Morgan fingerprint density at radius 3 is 1.02 bits per heavy atom. The highest BCUT2D eigenvalue weighted by Gasteiger charge is 2.34. The van der Waals surface area contributed by atoms with Crippen molar-refractivity contribution in [3.05, 3.63) is 0 Å². The summed E-state index contributed by atoms with van der Waals surface area (Å²) in [7, 11) is 0. The molecule has 19 N–H and O–H groups in total. The van der Waals surface area contributed by atoms with Crippen LogP contribution in [-0.2, 0) is 43.2 Å². The highest BCUT2D eigenvalue weighted by Crippen LogP contribution is 2.11. The number of rotatable bonds is 34. The van der Waals surface area contributed by atoms with Gasteiger partial charge < -0.3 is 76.3 Å². The van der Waals surface area contributed by atoms with Gasteiger partial charge in [-0.1, -0.05) is 48.0 Å². The molecule has 0 rings (SSSR count). The Morgan fingerprint density at radius 1 is 0.400 bits per heavy atom. The van der Waals surface area contributed by atoms with Crippen molar-refractivity contribution in [1.29, 1.82) is 0 Å². The molecule has 8 amide bonds. The lowest BCUT2D eigenvalue weighted by Gasteiger charge is -2.27. The van der Waals surface area contributed by atoms with Gasteiger partial charge in [0.2, 0.25) is 47.3 Å². The van der Waals surface area contributed by atoms with Gasteiger partial charge in [-0.2, -0.15) is 0 Å². The molecule has 374 valence electrons. The van der Waals surface area contributed by atoms with Gasteiger partial charge in [0.25, 0.3) is 0 Å². The summed E-state index contributed by atoms with van der Waals surface area (Å²) in [4.78, 5) is 118. The van der Waals surface area contributed by atoms with E-state index in [-0.39, 0.29) is 102 Å². The van der Waals surface area contributed by atoms with Crippen LogP contribution in [0.4, 0.5) is 0 Å². The number of hydrogen-bond donors (Lipinski definition) is 14.